The van der Waals surface area contributed by atoms with Gasteiger partial charge in [0.15, 0.2) is 0 Å². The number of nitrogens with one attached hydrogen (secondary N) is 1. The maximum atomic E-state index is 13.6. The number of hydrogen-bond donors (Lipinski definition) is 1. The van der Waals surface area contributed by atoms with Crippen molar-refractivity contribution in [3.63, 3.8) is 0 Å². The first-order chi connectivity index (χ1) is 20.2. The van der Waals surface area contributed by atoms with Crippen molar-refractivity contribution < 1.29 is 14.1 Å². The normalized spacial score (nSPS) is 11.3. The van der Waals surface area contributed by atoms with Crippen molar-refractivity contribution in [1.82, 2.24) is 19.4 Å². The predicted molar refractivity (Wildman–Crippen MR) is 162 cm³/mol. The van der Waals surface area contributed by atoms with Crippen LogP contribution in [0.1, 0.15) is 5.56 Å². The van der Waals surface area contributed by atoms with Crippen LogP contribution in [0.4, 0.5) is 27.4 Å². The topological polar surface area (TPSA) is 119 Å². The molecule has 3 aromatic carbocycles. The Bertz CT molecular complexity index is 1840. The second kappa shape index (κ2) is 11.8. The van der Waals surface area contributed by atoms with Crippen LogP contribution in [0.2, 0.25) is 0 Å². The first kappa shape index (κ1) is 28.4. The number of ether oxygens (including phenoxy) is 1. The Labute approximate surface area is 240 Å². The van der Waals surface area contributed by atoms with Crippen molar-refractivity contribution in [3.05, 3.63) is 98.7 Å². The predicted octanol–water partition coefficient (Wildman–Crippen LogP) is 4.79. The fourth-order valence-corrected chi connectivity index (χ4v) is 4.76. The summed E-state index contributed by atoms with van der Waals surface area (Å²) in [5.41, 5.74) is 2.18. The molecule has 42 heavy (non-hydrogen) atoms. The van der Waals surface area contributed by atoms with Crippen molar-refractivity contribution >= 4 is 44.8 Å². The molecule has 0 aliphatic carbocycles. The van der Waals surface area contributed by atoms with E-state index >= 15 is 0 Å². The highest BCUT2D eigenvalue weighted by molar-refractivity contribution is 6.03. The highest BCUT2D eigenvalue weighted by atomic mass is 19.1. The molecule has 216 valence electrons. The molecule has 0 radical (unpaired) electrons. The molecule has 0 saturated heterocycles. The zero-order valence-corrected chi connectivity index (χ0v) is 23.7. The molecule has 0 aliphatic rings. The number of fused-ring (bicyclic) bond motifs is 3. The van der Waals surface area contributed by atoms with Crippen LogP contribution in [0.5, 0.6) is 5.75 Å². The van der Waals surface area contributed by atoms with Gasteiger partial charge in [0.1, 0.15) is 17.3 Å². The van der Waals surface area contributed by atoms with Gasteiger partial charge in [-0.25, -0.2) is 14.4 Å². The molecule has 0 unspecified atom stereocenters. The van der Waals surface area contributed by atoms with Gasteiger partial charge in [-0.2, -0.15) is 0 Å². The lowest BCUT2D eigenvalue weighted by Crippen LogP contribution is -2.29. The van der Waals surface area contributed by atoms with Crippen LogP contribution in [0.3, 0.4) is 0 Å². The molecule has 0 spiro atoms. The molecule has 0 atom stereocenters. The van der Waals surface area contributed by atoms with Gasteiger partial charge in [0.25, 0.3) is 11.2 Å². The third-order valence-corrected chi connectivity index (χ3v) is 7.00. The van der Waals surface area contributed by atoms with Crippen LogP contribution in [0.15, 0.2) is 71.7 Å². The van der Waals surface area contributed by atoms with E-state index in [1.54, 1.807) is 34.7 Å². The Morgan fingerprint density at radius 3 is 2.48 bits per heavy atom. The van der Waals surface area contributed by atoms with E-state index in [0.29, 0.717) is 46.6 Å². The van der Waals surface area contributed by atoms with Crippen molar-refractivity contribution in [2.45, 2.75) is 6.54 Å². The Hall–Kier alpha value is -5.10. The number of halogens is 1. The van der Waals surface area contributed by atoms with Crippen LogP contribution in [-0.4, -0.2) is 65.7 Å². The summed E-state index contributed by atoms with van der Waals surface area (Å²) in [7, 11) is 7.14. The maximum Gasteiger partial charge on any atom is 0.294 e. The third-order valence-electron chi connectivity index (χ3n) is 7.00. The summed E-state index contributed by atoms with van der Waals surface area (Å²) in [6.45, 7) is 1.52. The lowest BCUT2D eigenvalue weighted by molar-refractivity contribution is -0.384. The molecule has 12 heteroatoms. The quantitative estimate of drug-likeness (QED) is 0.143. The second-order valence-corrected chi connectivity index (χ2v) is 10.1. The van der Waals surface area contributed by atoms with Crippen LogP contribution in [-0.2, 0) is 6.54 Å². The fraction of sp³-hybridized carbons (Fsp3) is 0.233. The van der Waals surface area contributed by atoms with Gasteiger partial charge >= 0.3 is 0 Å². The minimum Gasteiger partial charge on any atom is -0.494 e. The highest BCUT2D eigenvalue weighted by Crippen LogP contribution is 2.39. The van der Waals surface area contributed by atoms with Crippen LogP contribution in [0.25, 0.3) is 21.8 Å². The number of methoxy groups -OCH3 is 1. The molecule has 0 amide bonds. The molecule has 5 rings (SSSR count). The summed E-state index contributed by atoms with van der Waals surface area (Å²) in [6, 6.07) is 16.4. The molecule has 0 aliphatic heterocycles. The van der Waals surface area contributed by atoms with E-state index in [2.05, 4.69) is 15.3 Å². The summed E-state index contributed by atoms with van der Waals surface area (Å²) in [5, 5.41) is 16.1. The minimum absolute atomic E-state index is 0.102. The first-order valence-electron chi connectivity index (χ1n) is 13.2. The molecular weight excluding hydrogens is 541 g/mol. The summed E-state index contributed by atoms with van der Waals surface area (Å²) < 4.78 is 20.6. The van der Waals surface area contributed by atoms with Gasteiger partial charge in [-0.3, -0.25) is 14.9 Å². The molecule has 5 aromatic rings. The fourth-order valence-electron chi connectivity index (χ4n) is 4.76. The molecule has 0 fully saturated rings. The lowest BCUT2D eigenvalue weighted by atomic mass is 10.1. The Balaban J connectivity index is 1.56. The van der Waals surface area contributed by atoms with E-state index in [-0.39, 0.29) is 29.6 Å². The number of para-hydroxylation sites is 1. The van der Waals surface area contributed by atoms with Crippen molar-refractivity contribution in [3.8, 4) is 5.75 Å². The van der Waals surface area contributed by atoms with Gasteiger partial charge in [-0.05, 0) is 37.9 Å². The van der Waals surface area contributed by atoms with E-state index in [9.17, 15) is 19.3 Å². The number of aromatic nitrogens is 3. The number of benzene rings is 3. The molecule has 2 heterocycles. The average molecular weight is 572 g/mol. The van der Waals surface area contributed by atoms with Crippen molar-refractivity contribution in [2.24, 2.45) is 0 Å². The number of hydrogen-bond acceptors (Lipinski definition) is 9. The average Bonchev–Trinajstić information content (AvgIpc) is 2.98. The summed E-state index contributed by atoms with van der Waals surface area (Å²) in [6.07, 6.45) is 1.44. The SMILES string of the molecule is COc1cc(N(C)CCN(C)C)c([N+](=O)[O-])cc1Nc1ncc2c(=O)n(Cc3ccc(F)cc3)c3ccccc3c2n1. The van der Waals surface area contributed by atoms with E-state index in [1.165, 1.54) is 31.5 Å². The molecule has 0 saturated carbocycles. The molecule has 0 bridgehead atoms. The number of nitro benzene ring substituents is 1. The first-order valence-corrected chi connectivity index (χ1v) is 13.2. The van der Waals surface area contributed by atoms with Gasteiger partial charge in [0.05, 0.1) is 40.7 Å². The summed E-state index contributed by atoms with van der Waals surface area (Å²) >= 11 is 0. The van der Waals surface area contributed by atoms with Gasteiger partial charge in [-0.1, -0.05) is 30.3 Å². The van der Waals surface area contributed by atoms with Gasteiger partial charge < -0.3 is 24.4 Å². The number of pyridine rings is 1. The van der Waals surface area contributed by atoms with Crippen LogP contribution >= 0.6 is 0 Å². The highest BCUT2D eigenvalue weighted by Gasteiger charge is 2.23. The van der Waals surface area contributed by atoms with E-state index in [0.717, 1.165) is 10.9 Å². The van der Waals surface area contributed by atoms with Gasteiger partial charge in [0, 0.05) is 43.9 Å². The zero-order chi connectivity index (χ0) is 30.0. The van der Waals surface area contributed by atoms with E-state index < -0.39 is 4.92 Å². The Morgan fingerprint density at radius 1 is 1.05 bits per heavy atom. The van der Waals surface area contributed by atoms with Crippen molar-refractivity contribution in [1.29, 1.82) is 0 Å². The molecule has 11 nitrogen and oxygen atoms in total. The Morgan fingerprint density at radius 2 is 1.79 bits per heavy atom. The molecular formula is C30H30FN7O4. The van der Waals surface area contributed by atoms with E-state index in [4.69, 9.17) is 4.74 Å². The number of rotatable bonds is 10. The lowest BCUT2D eigenvalue weighted by Gasteiger charge is -2.22. The van der Waals surface area contributed by atoms with Crippen LogP contribution < -0.4 is 20.5 Å². The summed E-state index contributed by atoms with van der Waals surface area (Å²) in [5.74, 6) is 0.163. The van der Waals surface area contributed by atoms with Gasteiger partial charge in [0.2, 0.25) is 5.95 Å². The largest absolute Gasteiger partial charge is 0.494 e. The van der Waals surface area contributed by atoms with Crippen molar-refractivity contribution in [2.75, 3.05) is 51.6 Å². The number of likely N-dealkylation sites (N-methyl/N-ethyl adjacent to an activating group) is 2. The maximum absolute atomic E-state index is 13.6. The standard InChI is InChI=1S/C30H30FN7O4/c1-35(2)13-14-36(3)25-16-27(42-4)23(15-26(25)38(40)41)33-30-32-17-22-28(34-30)21-7-5-6-8-24(21)37(29(22)39)18-19-9-11-20(31)12-10-19/h5-12,15-17H,13-14,18H2,1-4H3,(H,32,33,34). The summed E-state index contributed by atoms with van der Waals surface area (Å²) in [4.78, 5) is 38.0. The number of nitro groups is 1. The number of nitrogens with zero attached hydrogens (tertiary/aromatic N) is 6. The van der Waals surface area contributed by atoms with Crippen LogP contribution in [0, 0.1) is 15.9 Å². The third kappa shape index (κ3) is 5.70. The van der Waals surface area contributed by atoms with E-state index in [1.807, 2.05) is 43.3 Å². The molecule has 2 aromatic heterocycles. The zero-order valence-electron chi connectivity index (χ0n) is 23.7. The number of anilines is 3. The molecule has 1 N–H and O–H groups in total. The Kier molecular flexibility index (Phi) is 7.98. The monoisotopic (exact) mass is 571 g/mol. The smallest absolute Gasteiger partial charge is 0.294 e. The van der Waals surface area contributed by atoms with Gasteiger partial charge in [-0.15, -0.1) is 0 Å². The minimum atomic E-state index is -0.440. The second-order valence-electron chi connectivity index (χ2n) is 10.1.